The van der Waals surface area contributed by atoms with Gasteiger partial charge in [-0.1, -0.05) is 27.7 Å². The van der Waals surface area contributed by atoms with Gasteiger partial charge in [-0.2, -0.15) is 0 Å². The van der Waals surface area contributed by atoms with E-state index in [4.69, 9.17) is 5.73 Å². The highest BCUT2D eigenvalue weighted by molar-refractivity contribution is 9.11. The standard InChI is InChI=1S/C16H29BrN2S/c1-12(2)7-16(11-18,8-13(3)4)19(5)9-14-6-15(17)20-10-14/h6,10,12-13H,7-9,11,18H2,1-5H3. The minimum atomic E-state index is 0.108. The van der Waals surface area contributed by atoms with Gasteiger partial charge < -0.3 is 5.73 Å². The number of halogens is 1. The molecule has 1 aromatic rings. The van der Waals surface area contributed by atoms with Gasteiger partial charge in [0.2, 0.25) is 0 Å². The summed E-state index contributed by atoms with van der Waals surface area (Å²) in [5, 5.41) is 2.23. The Labute approximate surface area is 136 Å². The van der Waals surface area contributed by atoms with Crippen molar-refractivity contribution in [1.82, 2.24) is 4.90 Å². The van der Waals surface area contributed by atoms with Crippen LogP contribution in [0.3, 0.4) is 0 Å². The number of hydrogen-bond acceptors (Lipinski definition) is 3. The zero-order valence-electron chi connectivity index (χ0n) is 13.4. The van der Waals surface area contributed by atoms with E-state index in [0.717, 1.165) is 25.9 Å². The Bertz CT molecular complexity index is 391. The van der Waals surface area contributed by atoms with E-state index in [0.29, 0.717) is 11.8 Å². The Morgan fingerprint density at radius 2 is 1.80 bits per heavy atom. The van der Waals surface area contributed by atoms with Crippen molar-refractivity contribution in [2.24, 2.45) is 17.6 Å². The van der Waals surface area contributed by atoms with Crippen molar-refractivity contribution in [3.63, 3.8) is 0 Å². The minimum absolute atomic E-state index is 0.108. The molecule has 0 aliphatic heterocycles. The third kappa shape index (κ3) is 5.14. The van der Waals surface area contributed by atoms with Crippen LogP contribution in [0.2, 0.25) is 0 Å². The summed E-state index contributed by atoms with van der Waals surface area (Å²) in [5.74, 6) is 1.32. The topological polar surface area (TPSA) is 29.3 Å². The molecule has 2 N–H and O–H groups in total. The lowest BCUT2D eigenvalue weighted by molar-refractivity contribution is 0.0715. The Kier molecular flexibility index (Phi) is 7.19. The largest absolute Gasteiger partial charge is 0.329 e. The molecule has 1 aromatic heterocycles. The lowest BCUT2D eigenvalue weighted by atomic mass is 9.80. The van der Waals surface area contributed by atoms with Crippen molar-refractivity contribution < 1.29 is 0 Å². The Morgan fingerprint density at radius 1 is 1.25 bits per heavy atom. The summed E-state index contributed by atoms with van der Waals surface area (Å²) in [5.41, 5.74) is 7.69. The van der Waals surface area contributed by atoms with E-state index < -0.39 is 0 Å². The summed E-state index contributed by atoms with van der Waals surface area (Å²) in [4.78, 5) is 2.47. The van der Waals surface area contributed by atoms with E-state index in [9.17, 15) is 0 Å². The van der Waals surface area contributed by atoms with Gasteiger partial charge in [0.05, 0.1) is 3.79 Å². The van der Waals surface area contributed by atoms with Crippen LogP contribution in [0.25, 0.3) is 0 Å². The molecule has 1 heterocycles. The third-order valence-electron chi connectivity index (χ3n) is 3.81. The average molecular weight is 361 g/mol. The van der Waals surface area contributed by atoms with Gasteiger partial charge in [0, 0.05) is 18.6 Å². The van der Waals surface area contributed by atoms with Crippen molar-refractivity contribution in [2.45, 2.75) is 52.6 Å². The molecular weight excluding hydrogens is 332 g/mol. The molecule has 0 aliphatic rings. The van der Waals surface area contributed by atoms with Crippen LogP contribution < -0.4 is 5.73 Å². The fourth-order valence-electron chi connectivity index (χ4n) is 3.11. The number of nitrogens with two attached hydrogens (primary N) is 1. The van der Waals surface area contributed by atoms with Gasteiger partial charge in [0.25, 0.3) is 0 Å². The third-order valence-corrected chi connectivity index (χ3v) is 5.36. The summed E-state index contributed by atoms with van der Waals surface area (Å²) < 4.78 is 1.20. The van der Waals surface area contributed by atoms with E-state index in [1.807, 2.05) is 0 Å². The molecule has 20 heavy (non-hydrogen) atoms. The van der Waals surface area contributed by atoms with Gasteiger partial charge in [-0.05, 0) is 64.7 Å². The first kappa shape index (κ1) is 18.1. The van der Waals surface area contributed by atoms with E-state index >= 15 is 0 Å². The molecule has 0 fully saturated rings. The van der Waals surface area contributed by atoms with Crippen LogP contribution in [-0.2, 0) is 6.54 Å². The average Bonchev–Trinajstić information content (AvgIpc) is 2.72. The zero-order chi connectivity index (χ0) is 15.3. The summed E-state index contributed by atoms with van der Waals surface area (Å²) in [6, 6.07) is 2.22. The van der Waals surface area contributed by atoms with Crippen molar-refractivity contribution in [2.75, 3.05) is 13.6 Å². The molecule has 4 heteroatoms. The quantitative estimate of drug-likeness (QED) is 0.725. The molecule has 2 nitrogen and oxygen atoms in total. The monoisotopic (exact) mass is 360 g/mol. The molecule has 0 amide bonds. The van der Waals surface area contributed by atoms with Crippen LogP contribution in [-0.4, -0.2) is 24.0 Å². The van der Waals surface area contributed by atoms with Crippen LogP contribution in [0.4, 0.5) is 0 Å². The maximum absolute atomic E-state index is 6.22. The molecule has 1 rings (SSSR count). The van der Waals surface area contributed by atoms with Crippen molar-refractivity contribution in [3.05, 3.63) is 20.8 Å². The molecule has 0 radical (unpaired) electrons. The molecule has 0 saturated heterocycles. The Hall–Kier alpha value is 0.100. The highest BCUT2D eigenvalue weighted by Gasteiger charge is 2.34. The first-order valence-electron chi connectivity index (χ1n) is 7.43. The second-order valence-corrected chi connectivity index (χ2v) is 9.03. The number of nitrogens with zero attached hydrogens (tertiary/aromatic N) is 1. The molecule has 0 aromatic carbocycles. The van der Waals surface area contributed by atoms with Gasteiger partial charge in [-0.25, -0.2) is 0 Å². The van der Waals surface area contributed by atoms with E-state index in [1.165, 1.54) is 9.35 Å². The van der Waals surface area contributed by atoms with Gasteiger partial charge in [-0.3, -0.25) is 4.90 Å². The predicted octanol–water partition coefficient (Wildman–Crippen LogP) is 4.73. The van der Waals surface area contributed by atoms with Crippen molar-refractivity contribution in [3.8, 4) is 0 Å². The van der Waals surface area contributed by atoms with Gasteiger partial charge in [-0.15, -0.1) is 11.3 Å². The van der Waals surface area contributed by atoms with Crippen LogP contribution >= 0.6 is 27.3 Å². The molecule has 0 aliphatic carbocycles. The highest BCUT2D eigenvalue weighted by Crippen LogP contribution is 2.32. The van der Waals surface area contributed by atoms with Crippen LogP contribution in [0.5, 0.6) is 0 Å². The molecule has 0 unspecified atom stereocenters. The van der Waals surface area contributed by atoms with E-state index in [1.54, 1.807) is 11.3 Å². The second-order valence-electron chi connectivity index (χ2n) is 6.74. The Balaban J connectivity index is 2.89. The fourth-order valence-corrected chi connectivity index (χ4v) is 4.31. The van der Waals surface area contributed by atoms with E-state index in [-0.39, 0.29) is 5.54 Å². The van der Waals surface area contributed by atoms with Crippen LogP contribution in [0, 0.1) is 11.8 Å². The number of rotatable bonds is 8. The molecular formula is C16H29BrN2S. The summed E-state index contributed by atoms with van der Waals surface area (Å²) in [6.07, 6.45) is 2.31. The van der Waals surface area contributed by atoms with Gasteiger partial charge >= 0.3 is 0 Å². The molecule has 0 saturated carbocycles. The molecule has 116 valence electrons. The van der Waals surface area contributed by atoms with Crippen molar-refractivity contribution in [1.29, 1.82) is 0 Å². The number of hydrogen-bond donors (Lipinski definition) is 1. The first-order chi connectivity index (χ1) is 9.29. The lowest BCUT2D eigenvalue weighted by Crippen LogP contribution is -2.53. The van der Waals surface area contributed by atoms with Crippen molar-refractivity contribution >= 4 is 27.3 Å². The number of likely N-dealkylation sites (N-methyl/N-ethyl adjacent to an activating group) is 1. The maximum Gasteiger partial charge on any atom is 0.0701 e. The summed E-state index contributed by atoms with van der Waals surface area (Å²) in [7, 11) is 2.23. The van der Waals surface area contributed by atoms with Crippen LogP contribution in [0.1, 0.15) is 46.1 Å². The zero-order valence-corrected chi connectivity index (χ0v) is 15.9. The summed E-state index contributed by atoms with van der Waals surface area (Å²) >= 11 is 5.30. The van der Waals surface area contributed by atoms with E-state index in [2.05, 4.69) is 67.0 Å². The van der Waals surface area contributed by atoms with Gasteiger partial charge in [0.1, 0.15) is 0 Å². The molecule has 0 atom stereocenters. The molecule has 0 bridgehead atoms. The minimum Gasteiger partial charge on any atom is -0.329 e. The maximum atomic E-state index is 6.22. The van der Waals surface area contributed by atoms with Gasteiger partial charge in [0.15, 0.2) is 0 Å². The van der Waals surface area contributed by atoms with Crippen LogP contribution in [0.15, 0.2) is 15.2 Å². The number of thiophene rings is 1. The fraction of sp³-hybridized carbons (Fsp3) is 0.750. The normalized spacial score (nSPS) is 12.9. The lowest BCUT2D eigenvalue weighted by Gasteiger charge is -2.44. The Morgan fingerprint density at radius 3 is 2.15 bits per heavy atom. The second kappa shape index (κ2) is 7.92. The smallest absolute Gasteiger partial charge is 0.0701 e. The summed E-state index contributed by atoms with van der Waals surface area (Å²) in [6.45, 7) is 10.9. The predicted molar refractivity (Wildman–Crippen MR) is 94.2 cm³/mol. The highest BCUT2D eigenvalue weighted by atomic mass is 79.9. The molecule has 0 spiro atoms. The first-order valence-corrected chi connectivity index (χ1v) is 9.10. The SMILES string of the molecule is CC(C)CC(CN)(CC(C)C)N(C)Cc1csc(Br)c1.